The van der Waals surface area contributed by atoms with E-state index in [9.17, 15) is 13.2 Å². The average Bonchev–Trinajstić information content (AvgIpc) is 3.60. The van der Waals surface area contributed by atoms with Gasteiger partial charge in [0.05, 0.1) is 40.5 Å². The molecule has 1 aromatic carbocycles. The number of carbonyl (C=O) groups excluding carboxylic acids is 1. The van der Waals surface area contributed by atoms with Crippen LogP contribution >= 0.6 is 0 Å². The predicted molar refractivity (Wildman–Crippen MR) is 167 cm³/mol. The highest BCUT2D eigenvalue weighted by Crippen LogP contribution is 2.41. The predicted octanol–water partition coefficient (Wildman–Crippen LogP) is 6.28. The molecule has 2 aliphatic rings. The number of carbonyl (C=O) groups is 1. The third-order valence-electron chi connectivity index (χ3n) is 8.31. The Morgan fingerprint density at radius 3 is 2.57 bits per heavy atom. The molecule has 0 spiro atoms. The van der Waals surface area contributed by atoms with Crippen LogP contribution in [0.5, 0.6) is 5.75 Å². The molecule has 232 valence electrons. The summed E-state index contributed by atoms with van der Waals surface area (Å²) in [5.74, 6) is 1.17. The van der Waals surface area contributed by atoms with Crippen molar-refractivity contribution < 1.29 is 27.1 Å². The quantitative estimate of drug-likeness (QED) is 0.247. The molecular weight excluding hydrogens is 580 g/mol. The Bertz CT molecular complexity index is 1870. The van der Waals surface area contributed by atoms with Crippen LogP contribution in [0.3, 0.4) is 0 Å². The van der Waals surface area contributed by atoms with Gasteiger partial charge in [0.1, 0.15) is 17.2 Å². The minimum Gasteiger partial charge on any atom is -0.493 e. The topological polar surface area (TPSA) is 136 Å². The summed E-state index contributed by atoms with van der Waals surface area (Å²) in [6.07, 6.45) is 8.72. The Morgan fingerprint density at radius 1 is 1.14 bits per heavy atom. The number of aryl methyl sites for hydroxylation is 1. The van der Waals surface area contributed by atoms with E-state index in [4.69, 9.17) is 18.9 Å². The van der Waals surface area contributed by atoms with E-state index in [1.165, 1.54) is 12.3 Å². The number of rotatable bonds is 7. The fraction of sp³-hybridized carbons (Fsp3) is 0.424. The van der Waals surface area contributed by atoms with Gasteiger partial charge in [0, 0.05) is 11.1 Å². The zero-order valence-electron chi connectivity index (χ0n) is 25.9. The third-order valence-corrected chi connectivity index (χ3v) is 9.57. The number of nitrogens with zero attached hydrogens (tertiary/aromatic N) is 2. The lowest BCUT2D eigenvalue weighted by molar-refractivity contribution is -0.175. The fourth-order valence-corrected chi connectivity index (χ4v) is 7.66. The number of sulfonamides is 1. The minimum atomic E-state index is -4.22. The summed E-state index contributed by atoms with van der Waals surface area (Å²) in [4.78, 5) is 18.9. The van der Waals surface area contributed by atoms with Crippen LogP contribution in [0.1, 0.15) is 79.8 Å². The molecule has 1 aliphatic carbocycles. The van der Waals surface area contributed by atoms with Crippen molar-refractivity contribution in [3.63, 3.8) is 0 Å². The van der Waals surface area contributed by atoms with Crippen molar-refractivity contribution in [3.05, 3.63) is 64.6 Å². The van der Waals surface area contributed by atoms with E-state index in [1.807, 2.05) is 32.1 Å². The van der Waals surface area contributed by atoms with E-state index < -0.39 is 15.9 Å². The number of furan rings is 1. The molecule has 0 atom stereocenters. The van der Waals surface area contributed by atoms with Crippen molar-refractivity contribution in [1.29, 1.82) is 0 Å². The summed E-state index contributed by atoms with van der Waals surface area (Å²) < 4.78 is 47.3. The molecule has 4 aromatic rings. The first-order valence-corrected chi connectivity index (χ1v) is 16.3. The lowest BCUT2D eigenvalue weighted by atomic mass is 9.81. The maximum absolute atomic E-state index is 13.9. The molecule has 0 unspecified atom stereocenters. The average molecular weight is 619 g/mol. The summed E-state index contributed by atoms with van der Waals surface area (Å²) in [5, 5.41) is 6.35. The van der Waals surface area contributed by atoms with Crippen LogP contribution in [0.2, 0.25) is 0 Å². The number of hydrogen-bond donors (Lipinski definition) is 2. The van der Waals surface area contributed by atoms with Gasteiger partial charge in [0.25, 0.3) is 15.9 Å². The Kier molecular flexibility index (Phi) is 7.44. The lowest BCUT2D eigenvalue weighted by Crippen LogP contribution is -2.46. The maximum Gasteiger partial charge on any atom is 0.281 e. The van der Waals surface area contributed by atoms with Crippen LogP contribution in [0.25, 0.3) is 28.4 Å². The Labute approximate surface area is 257 Å². The van der Waals surface area contributed by atoms with Gasteiger partial charge < -0.3 is 13.9 Å². The smallest absolute Gasteiger partial charge is 0.281 e. The van der Waals surface area contributed by atoms with Gasteiger partial charge in [-0.2, -0.15) is 13.5 Å². The van der Waals surface area contributed by atoms with Crippen LogP contribution in [-0.4, -0.2) is 47.3 Å². The molecule has 1 fully saturated rings. The second kappa shape index (κ2) is 10.9. The number of benzene rings is 1. The summed E-state index contributed by atoms with van der Waals surface area (Å²) in [6, 6.07) is 6.59. The second-order valence-corrected chi connectivity index (χ2v) is 14.7. The Hall–Kier alpha value is -3.96. The van der Waals surface area contributed by atoms with Crippen LogP contribution < -0.4 is 9.46 Å². The summed E-state index contributed by atoms with van der Waals surface area (Å²) in [6.45, 7) is 12.6. The molecular formula is C33H38N4O6S. The zero-order valence-corrected chi connectivity index (χ0v) is 26.7. The summed E-state index contributed by atoms with van der Waals surface area (Å²) in [5.41, 5.74) is 3.34. The summed E-state index contributed by atoms with van der Waals surface area (Å²) in [7, 11) is -4.22. The monoisotopic (exact) mass is 618 g/mol. The number of pyridine rings is 1. The van der Waals surface area contributed by atoms with Crippen molar-refractivity contribution in [3.8, 4) is 17.2 Å². The number of amides is 1. The Balaban J connectivity index is 1.46. The van der Waals surface area contributed by atoms with E-state index in [-0.39, 0.29) is 27.7 Å². The number of H-pyrrole nitrogens is 1. The molecule has 11 heteroatoms. The van der Waals surface area contributed by atoms with Gasteiger partial charge in [0.15, 0.2) is 10.8 Å². The van der Waals surface area contributed by atoms with E-state index in [1.54, 1.807) is 6.07 Å². The number of nitrogens with one attached hydrogen (secondary N) is 2. The van der Waals surface area contributed by atoms with Gasteiger partial charge in [0.2, 0.25) is 0 Å². The molecule has 4 heterocycles. The van der Waals surface area contributed by atoms with Gasteiger partial charge in [-0.25, -0.2) is 9.71 Å². The van der Waals surface area contributed by atoms with E-state index >= 15 is 0 Å². The highest BCUT2D eigenvalue weighted by atomic mass is 32.2. The van der Waals surface area contributed by atoms with Gasteiger partial charge in [-0.3, -0.25) is 9.89 Å². The first-order valence-electron chi connectivity index (χ1n) is 14.9. The maximum atomic E-state index is 13.9. The molecule has 0 saturated carbocycles. The van der Waals surface area contributed by atoms with Crippen LogP contribution in [0.4, 0.5) is 0 Å². The van der Waals surface area contributed by atoms with E-state index in [2.05, 4.69) is 48.7 Å². The zero-order chi connectivity index (χ0) is 31.4. The van der Waals surface area contributed by atoms with Crippen molar-refractivity contribution in [2.24, 2.45) is 5.92 Å². The molecule has 2 N–H and O–H groups in total. The fourth-order valence-electron chi connectivity index (χ4n) is 6.78. The second-order valence-electron chi connectivity index (χ2n) is 13.1. The molecule has 0 bridgehead atoms. The first-order chi connectivity index (χ1) is 20.7. The number of ether oxygens (including phenoxy) is 2. The van der Waals surface area contributed by atoms with Gasteiger partial charge in [-0.1, -0.05) is 12.1 Å². The first kappa shape index (κ1) is 30.1. The molecule has 6 rings (SSSR count). The van der Waals surface area contributed by atoms with Crippen molar-refractivity contribution in [1.82, 2.24) is 19.9 Å². The number of hydrogen-bond acceptors (Lipinski definition) is 8. The largest absolute Gasteiger partial charge is 0.493 e. The van der Waals surface area contributed by atoms with Gasteiger partial charge in [-0.15, -0.1) is 0 Å². The highest BCUT2D eigenvalue weighted by molar-refractivity contribution is 7.90. The number of aromatic nitrogens is 3. The Morgan fingerprint density at radius 2 is 1.89 bits per heavy atom. The summed E-state index contributed by atoms with van der Waals surface area (Å²) >= 11 is 0. The van der Waals surface area contributed by atoms with E-state index in [0.717, 1.165) is 48.1 Å². The highest BCUT2D eigenvalue weighted by Gasteiger charge is 2.39. The van der Waals surface area contributed by atoms with Gasteiger partial charge in [-0.05, 0) is 103 Å². The van der Waals surface area contributed by atoms with Crippen molar-refractivity contribution in [2.45, 2.75) is 83.5 Å². The molecule has 10 nitrogen and oxygen atoms in total. The van der Waals surface area contributed by atoms with Gasteiger partial charge >= 0.3 is 0 Å². The normalized spacial score (nSPS) is 17.9. The molecule has 3 aromatic heterocycles. The van der Waals surface area contributed by atoms with Crippen molar-refractivity contribution in [2.75, 3.05) is 6.61 Å². The van der Waals surface area contributed by atoms with Crippen molar-refractivity contribution >= 4 is 32.9 Å². The van der Waals surface area contributed by atoms with Crippen LogP contribution in [-0.2, 0) is 21.2 Å². The third kappa shape index (κ3) is 5.78. The standard InChI is InChI=1S/C33H38N4O6S/c1-19-11-12-26(41-18-21-16-32(3,4)43-33(5,6)17-21)28-23(31(38)37-44(39,40)27-13-14-34-36-27)15-24(35-29(19)28)30-20(2)22-9-7-8-10-25(22)42-30/h8,10-15,21H,7,9,16-18H2,1-6H3,(H,34,36)(H,37,38). The number of allylic oxidation sites excluding steroid dienone is 1. The molecule has 1 aliphatic heterocycles. The number of fused-ring (bicyclic) bond motifs is 2. The molecule has 1 amide bonds. The molecule has 44 heavy (non-hydrogen) atoms. The molecule has 1 saturated heterocycles. The lowest BCUT2D eigenvalue weighted by Gasteiger charge is -2.45. The van der Waals surface area contributed by atoms with Crippen LogP contribution in [0.15, 0.2) is 46.0 Å². The van der Waals surface area contributed by atoms with E-state index in [0.29, 0.717) is 34.7 Å². The SMILES string of the molecule is Cc1c(-c2cc(C(=O)NS(=O)(=O)c3ccn[nH]3)c3c(OCC4CC(C)(C)OC(C)(C)C4)ccc(C)c3n2)oc2c1CCC=C2. The van der Waals surface area contributed by atoms with Crippen LogP contribution in [0, 0.1) is 19.8 Å². The molecule has 0 radical (unpaired) electrons. The minimum absolute atomic E-state index is 0.115. The number of aromatic amines is 1.